The number of fused-ring (bicyclic) bond motifs is 1. The van der Waals surface area contributed by atoms with Crippen molar-refractivity contribution in [2.75, 3.05) is 0 Å². The van der Waals surface area contributed by atoms with Gasteiger partial charge in [-0.05, 0) is 6.92 Å². The summed E-state index contributed by atoms with van der Waals surface area (Å²) in [4.78, 5) is 26.2. The number of aryl methyl sites for hydroxylation is 1. The lowest BCUT2D eigenvalue weighted by molar-refractivity contribution is 0.442. The third-order valence-electron chi connectivity index (χ3n) is 1.54. The summed E-state index contributed by atoms with van der Waals surface area (Å²) in [7, 11) is 0. The maximum Gasteiger partial charge on any atom is 0.328 e. The molecule has 2 aromatic heterocycles. The second kappa shape index (κ2) is 2.07. The molecule has 0 saturated carbocycles. The highest BCUT2D eigenvalue weighted by molar-refractivity contribution is 5.73. The van der Waals surface area contributed by atoms with Crippen LogP contribution in [0, 0.1) is 6.92 Å². The first kappa shape index (κ1) is 6.84. The molecule has 0 aliphatic heterocycles. The van der Waals surface area contributed by atoms with Crippen molar-refractivity contribution in [1.82, 2.24) is 15.1 Å². The molecule has 0 aromatic carbocycles. The third kappa shape index (κ3) is 0.777. The molecule has 0 unspecified atom stereocenters. The average Bonchev–Trinajstić information content (AvgIpc) is 2.31. The summed E-state index contributed by atoms with van der Waals surface area (Å²) in [6.45, 7) is 1.62. The first-order valence-electron chi connectivity index (χ1n) is 3.27. The molecule has 6 heteroatoms. The second-order valence-corrected chi connectivity index (χ2v) is 2.38. The van der Waals surface area contributed by atoms with Crippen molar-refractivity contribution < 1.29 is 4.52 Å². The summed E-state index contributed by atoms with van der Waals surface area (Å²) in [5.74, 6) is 0. The molecule has 0 atom stereocenters. The average molecular weight is 167 g/mol. The zero-order valence-electron chi connectivity index (χ0n) is 6.17. The van der Waals surface area contributed by atoms with Gasteiger partial charge in [0.25, 0.3) is 5.56 Å². The van der Waals surface area contributed by atoms with Crippen LogP contribution in [-0.4, -0.2) is 15.1 Å². The molecule has 0 bridgehead atoms. The molecule has 2 rings (SSSR count). The molecule has 0 fully saturated rings. The van der Waals surface area contributed by atoms with Crippen LogP contribution >= 0.6 is 0 Å². The van der Waals surface area contributed by atoms with E-state index >= 15 is 0 Å². The molecule has 0 aliphatic rings. The lowest BCUT2D eigenvalue weighted by Gasteiger charge is -1.83. The van der Waals surface area contributed by atoms with Crippen LogP contribution in [0.15, 0.2) is 14.1 Å². The van der Waals surface area contributed by atoms with E-state index in [2.05, 4.69) is 19.6 Å². The number of nitrogens with one attached hydrogen (secondary N) is 2. The predicted molar refractivity (Wildman–Crippen MR) is 40.0 cm³/mol. The smallest absolute Gasteiger partial charge is 0.328 e. The number of aromatic amines is 2. The van der Waals surface area contributed by atoms with E-state index in [1.54, 1.807) is 6.92 Å². The topological polar surface area (TPSA) is 91.8 Å². The van der Waals surface area contributed by atoms with Crippen LogP contribution in [0.3, 0.4) is 0 Å². The van der Waals surface area contributed by atoms with Crippen molar-refractivity contribution in [3.05, 3.63) is 26.5 Å². The van der Waals surface area contributed by atoms with Crippen LogP contribution in [0.5, 0.6) is 0 Å². The number of nitrogens with zero attached hydrogens (tertiary/aromatic N) is 1. The first-order chi connectivity index (χ1) is 5.68. The highest BCUT2D eigenvalue weighted by Crippen LogP contribution is 2.06. The molecule has 0 amide bonds. The first-order valence-corrected chi connectivity index (χ1v) is 3.27. The van der Waals surface area contributed by atoms with E-state index in [0.717, 1.165) is 0 Å². The lowest BCUT2D eigenvalue weighted by Crippen LogP contribution is -2.21. The standard InChI is InChI=1S/C6H5N3O3/c1-2-3-4(10)7-6(11)8-5(3)12-9-2/h1H3,(H2,7,8,10,11). The quantitative estimate of drug-likeness (QED) is 0.553. The molecule has 0 radical (unpaired) electrons. The zero-order chi connectivity index (χ0) is 8.72. The van der Waals surface area contributed by atoms with E-state index < -0.39 is 11.2 Å². The molecule has 6 nitrogen and oxygen atoms in total. The second-order valence-electron chi connectivity index (χ2n) is 2.38. The number of hydrogen-bond donors (Lipinski definition) is 2. The third-order valence-corrected chi connectivity index (χ3v) is 1.54. The van der Waals surface area contributed by atoms with Gasteiger partial charge in [0.15, 0.2) is 0 Å². The van der Waals surface area contributed by atoms with Crippen LogP contribution in [0.25, 0.3) is 11.1 Å². The molecule has 12 heavy (non-hydrogen) atoms. The van der Waals surface area contributed by atoms with Crippen molar-refractivity contribution in [3.8, 4) is 0 Å². The van der Waals surface area contributed by atoms with Gasteiger partial charge in [-0.25, -0.2) is 4.79 Å². The fourth-order valence-electron chi connectivity index (χ4n) is 1.02. The normalized spacial score (nSPS) is 10.8. The van der Waals surface area contributed by atoms with Crippen molar-refractivity contribution in [2.45, 2.75) is 6.92 Å². The summed E-state index contributed by atoms with van der Waals surface area (Å²) in [6.07, 6.45) is 0. The number of rotatable bonds is 0. The highest BCUT2D eigenvalue weighted by Gasteiger charge is 2.08. The number of H-pyrrole nitrogens is 2. The highest BCUT2D eigenvalue weighted by atomic mass is 16.5. The number of aromatic nitrogens is 3. The van der Waals surface area contributed by atoms with E-state index in [-0.39, 0.29) is 11.1 Å². The van der Waals surface area contributed by atoms with Crippen molar-refractivity contribution in [1.29, 1.82) is 0 Å². The Balaban J connectivity index is 3.13. The van der Waals surface area contributed by atoms with Gasteiger partial charge in [-0.15, -0.1) is 0 Å². The number of hydrogen-bond acceptors (Lipinski definition) is 4. The van der Waals surface area contributed by atoms with Crippen LogP contribution in [-0.2, 0) is 0 Å². The SMILES string of the molecule is Cc1noc2[nH]c(=O)[nH]c(=O)c12. The van der Waals surface area contributed by atoms with Crippen LogP contribution in [0.1, 0.15) is 5.69 Å². The molecular weight excluding hydrogens is 162 g/mol. The Labute approximate surface area is 65.2 Å². The van der Waals surface area contributed by atoms with Gasteiger partial charge in [0.1, 0.15) is 5.39 Å². The Bertz CT molecular complexity index is 533. The fraction of sp³-hybridized carbons (Fsp3) is 0.167. The van der Waals surface area contributed by atoms with Crippen LogP contribution < -0.4 is 11.2 Å². The largest absolute Gasteiger partial charge is 0.337 e. The van der Waals surface area contributed by atoms with Crippen molar-refractivity contribution >= 4 is 11.1 Å². The predicted octanol–water partition coefficient (Wildman–Crippen LogP) is -0.487. The molecule has 0 aliphatic carbocycles. The Morgan fingerprint density at radius 3 is 2.83 bits per heavy atom. The molecule has 0 saturated heterocycles. The van der Waals surface area contributed by atoms with E-state index in [1.165, 1.54) is 0 Å². The van der Waals surface area contributed by atoms with Gasteiger partial charge >= 0.3 is 5.69 Å². The Morgan fingerprint density at radius 1 is 1.33 bits per heavy atom. The Hall–Kier alpha value is -1.85. The van der Waals surface area contributed by atoms with Crippen molar-refractivity contribution in [3.63, 3.8) is 0 Å². The van der Waals surface area contributed by atoms with Gasteiger partial charge in [0, 0.05) is 0 Å². The Kier molecular flexibility index (Phi) is 1.18. The van der Waals surface area contributed by atoms with Gasteiger partial charge in [-0.3, -0.25) is 14.8 Å². The molecular formula is C6H5N3O3. The van der Waals surface area contributed by atoms with Gasteiger partial charge < -0.3 is 4.52 Å². The molecule has 2 aromatic rings. The van der Waals surface area contributed by atoms with Gasteiger partial charge in [-0.2, -0.15) is 0 Å². The van der Waals surface area contributed by atoms with E-state index in [4.69, 9.17) is 0 Å². The maximum absolute atomic E-state index is 11.1. The molecule has 62 valence electrons. The Morgan fingerprint density at radius 2 is 2.08 bits per heavy atom. The minimum atomic E-state index is -0.594. The van der Waals surface area contributed by atoms with Crippen LogP contribution in [0.2, 0.25) is 0 Å². The summed E-state index contributed by atoms with van der Waals surface area (Å²) in [5.41, 5.74) is -0.500. The minimum absolute atomic E-state index is 0.112. The maximum atomic E-state index is 11.1. The summed E-state index contributed by atoms with van der Waals surface area (Å²) >= 11 is 0. The van der Waals surface area contributed by atoms with E-state index in [9.17, 15) is 9.59 Å². The van der Waals surface area contributed by atoms with Gasteiger partial charge in [0.05, 0.1) is 5.69 Å². The molecule has 0 spiro atoms. The van der Waals surface area contributed by atoms with Gasteiger partial charge in [-0.1, -0.05) is 5.16 Å². The summed E-state index contributed by atoms with van der Waals surface area (Å²) in [5, 5.41) is 3.82. The van der Waals surface area contributed by atoms with Gasteiger partial charge in [0.2, 0.25) is 5.71 Å². The van der Waals surface area contributed by atoms with Crippen LogP contribution in [0.4, 0.5) is 0 Å². The van der Waals surface area contributed by atoms with E-state index in [0.29, 0.717) is 5.69 Å². The monoisotopic (exact) mass is 167 g/mol. The lowest BCUT2D eigenvalue weighted by atomic mass is 10.3. The summed E-state index contributed by atoms with van der Waals surface area (Å²) < 4.78 is 4.68. The summed E-state index contributed by atoms with van der Waals surface area (Å²) in [6, 6.07) is 0. The zero-order valence-corrected chi connectivity index (χ0v) is 6.17. The molecule has 2 N–H and O–H groups in total. The van der Waals surface area contributed by atoms with Crippen molar-refractivity contribution in [2.24, 2.45) is 0 Å². The minimum Gasteiger partial charge on any atom is -0.337 e. The fourth-order valence-corrected chi connectivity index (χ4v) is 1.02. The molecule has 2 heterocycles. The van der Waals surface area contributed by atoms with E-state index in [1.807, 2.05) is 0 Å².